The molecule has 1 rings (SSSR count). The van der Waals surface area contributed by atoms with Gasteiger partial charge >= 0.3 is 5.97 Å². The van der Waals surface area contributed by atoms with Gasteiger partial charge in [-0.1, -0.05) is 40.5 Å². The summed E-state index contributed by atoms with van der Waals surface area (Å²) in [5, 5.41) is 9.61. The van der Waals surface area contributed by atoms with Gasteiger partial charge in [0.05, 0.1) is 6.42 Å². The molecule has 0 aliphatic rings. The van der Waals surface area contributed by atoms with Gasteiger partial charge in [0.15, 0.2) is 0 Å². The van der Waals surface area contributed by atoms with Crippen molar-refractivity contribution in [1.82, 2.24) is 4.90 Å². The van der Waals surface area contributed by atoms with Crippen LogP contribution >= 0.6 is 27.5 Å². The van der Waals surface area contributed by atoms with E-state index in [2.05, 4.69) is 27.8 Å². The summed E-state index contributed by atoms with van der Waals surface area (Å²) >= 11 is 9.65. The van der Waals surface area contributed by atoms with Crippen LogP contribution in [-0.2, 0) is 4.79 Å². The molecule has 3 nitrogen and oxygen atoms in total. The number of hydrogen-bond donors (Lipinski definition) is 1. The fourth-order valence-electron chi connectivity index (χ4n) is 2.36. The monoisotopic (exact) mass is 347 g/mol. The molecule has 2 unspecified atom stereocenters. The Balaban J connectivity index is 2.94. The molecule has 106 valence electrons. The number of halogens is 2. The van der Waals surface area contributed by atoms with Gasteiger partial charge in [0.1, 0.15) is 0 Å². The van der Waals surface area contributed by atoms with Crippen molar-refractivity contribution < 1.29 is 9.90 Å². The predicted octanol–water partition coefficient (Wildman–Crippen LogP) is 4.35. The largest absolute Gasteiger partial charge is 0.481 e. The minimum atomic E-state index is -0.778. The average molecular weight is 349 g/mol. The highest BCUT2D eigenvalue weighted by atomic mass is 79.9. The number of aliphatic carboxylic acids is 1. The summed E-state index contributed by atoms with van der Waals surface area (Å²) in [5.41, 5.74) is 1.02. The fraction of sp³-hybridized carbons (Fsp3) is 0.500. The summed E-state index contributed by atoms with van der Waals surface area (Å²) in [7, 11) is 0. The van der Waals surface area contributed by atoms with Gasteiger partial charge in [0.2, 0.25) is 0 Å². The number of carboxylic acid groups (broad SMARTS) is 1. The Labute approximate surface area is 127 Å². The Morgan fingerprint density at radius 3 is 2.58 bits per heavy atom. The molecular formula is C14H19BrClNO2. The number of carbonyl (C=O) groups is 1. The van der Waals surface area contributed by atoms with Crippen molar-refractivity contribution in [2.45, 2.75) is 39.3 Å². The van der Waals surface area contributed by atoms with Crippen LogP contribution in [0.1, 0.15) is 38.8 Å². The predicted molar refractivity (Wildman–Crippen MR) is 81.7 cm³/mol. The number of nitrogens with zero attached hydrogens (tertiary/aromatic N) is 1. The molecule has 0 bridgehead atoms. The van der Waals surface area contributed by atoms with Crippen LogP contribution in [0.4, 0.5) is 0 Å². The number of rotatable bonds is 6. The van der Waals surface area contributed by atoms with E-state index in [0.29, 0.717) is 5.02 Å². The maximum absolute atomic E-state index is 10.8. The second-order valence-electron chi connectivity index (χ2n) is 4.62. The molecular weight excluding hydrogens is 330 g/mol. The third-order valence-electron chi connectivity index (χ3n) is 3.31. The number of hydrogen-bond acceptors (Lipinski definition) is 2. The van der Waals surface area contributed by atoms with Crippen LogP contribution in [0.2, 0.25) is 5.02 Å². The first-order chi connectivity index (χ1) is 8.86. The summed E-state index contributed by atoms with van der Waals surface area (Å²) in [6, 6.07) is 5.85. The summed E-state index contributed by atoms with van der Waals surface area (Å²) in [5.74, 6) is -0.778. The lowest BCUT2D eigenvalue weighted by Crippen LogP contribution is -2.36. The summed E-state index contributed by atoms with van der Waals surface area (Å²) in [6.45, 7) is 6.79. The molecule has 0 aliphatic heterocycles. The van der Waals surface area contributed by atoms with Crippen LogP contribution < -0.4 is 0 Å². The average Bonchev–Trinajstić information content (AvgIpc) is 2.28. The number of benzene rings is 1. The zero-order chi connectivity index (χ0) is 14.6. The van der Waals surface area contributed by atoms with Crippen LogP contribution in [0.15, 0.2) is 22.7 Å². The standard InChI is InChI=1S/C14H19BrClNO2/c1-4-17(9(2)7-14(18)19)10(3)12-6-5-11(15)8-13(12)16/h5-6,8-10H,4,7H2,1-3H3,(H,18,19). The Bertz CT molecular complexity index is 453. The van der Waals surface area contributed by atoms with Gasteiger partial charge in [-0.05, 0) is 38.1 Å². The van der Waals surface area contributed by atoms with Crippen molar-refractivity contribution in [3.05, 3.63) is 33.3 Å². The zero-order valence-electron chi connectivity index (χ0n) is 11.4. The first-order valence-corrected chi connectivity index (χ1v) is 7.46. The molecule has 0 aliphatic carbocycles. The lowest BCUT2D eigenvalue weighted by molar-refractivity contribution is -0.138. The molecule has 2 atom stereocenters. The van der Waals surface area contributed by atoms with Crippen LogP contribution in [-0.4, -0.2) is 28.6 Å². The van der Waals surface area contributed by atoms with E-state index in [9.17, 15) is 4.79 Å². The van der Waals surface area contributed by atoms with E-state index in [1.165, 1.54) is 0 Å². The third kappa shape index (κ3) is 4.48. The van der Waals surface area contributed by atoms with Crippen LogP contribution in [0, 0.1) is 0 Å². The third-order valence-corrected chi connectivity index (χ3v) is 4.13. The van der Waals surface area contributed by atoms with E-state index in [4.69, 9.17) is 16.7 Å². The molecule has 0 spiro atoms. The zero-order valence-corrected chi connectivity index (χ0v) is 13.7. The lowest BCUT2D eigenvalue weighted by Gasteiger charge is -2.33. The maximum Gasteiger partial charge on any atom is 0.304 e. The molecule has 0 fully saturated rings. The first kappa shape index (κ1) is 16.5. The smallest absolute Gasteiger partial charge is 0.304 e. The van der Waals surface area contributed by atoms with Crippen molar-refractivity contribution in [3.8, 4) is 0 Å². The molecule has 0 radical (unpaired) electrons. The molecule has 1 aromatic rings. The Hall–Kier alpha value is -0.580. The molecule has 0 saturated carbocycles. The van der Waals surface area contributed by atoms with Crippen molar-refractivity contribution in [3.63, 3.8) is 0 Å². The number of carboxylic acids is 1. The van der Waals surface area contributed by atoms with Gasteiger partial charge in [-0.25, -0.2) is 0 Å². The van der Waals surface area contributed by atoms with E-state index < -0.39 is 5.97 Å². The molecule has 0 heterocycles. The van der Waals surface area contributed by atoms with Crippen LogP contribution in [0.25, 0.3) is 0 Å². The minimum Gasteiger partial charge on any atom is -0.481 e. The van der Waals surface area contributed by atoms with Gasteiger partial charge in [0, 0.05) is 21.6 Å². The first-order valence-electron chi connectivity index (χ1n) is 6.29. The summed E-state index contributed by atoms with van der Waals surface area (Å²) in [6.07, 6.45) is 0.131. The summed E-state index contributed by atoms with van der Waals surface area (Å²) < 4.78 is 0.940. The van der Waals surface area contributed by atoms with Crippen molar-refractivity contribution >= 4 is 33.5 Å². The van der Waals surface area contributed by atoms with Crippen molar-refractivity contribution in [1.29, 1.82) is 0 Å². The molecule has 0 amide bonds. The molecule has 0 saturated heterocycles. The van der Waals surface area contributed by atoms with E-state index in [1.54, 1.807) is 0 Å². The summed E-state index contributed by atoms with van der Waals surface area (Å²) in [4.78, 5) is 13.0. The second-order valence-corrected chi connectivity index (χ2v) is 5.94. The Morgan fingerprint density at radius 1 is 1.47 bits per heavy atom. The highest BCUT2D eigenvalue weighted by molar-refractivity contribution is 9.10. The fourth-order valence-corrected chi connectivity index (χ4v) is 3.19. The lowest BCUT2D eigenvalue weighted by atomic mass is 10.0. The van der Waals surface area contributed by atoms with E-state index in [-0.39, 0.29) is 18.5 Å². The quantitative estimate of drug-likeness (QED) is 0.831. The maximum atomic E-state index is 10.8. The second kappa shape index (κ2) is 7.27. The Morgan fingerprint density at radius 2 is 2.11 bits per heavy atom. The molecule has 19 heavy (non-hydrogen) atoms. The molecule has 5 heteroatoms. The molecule has 0 aromatic heterocycles. The van der Waals surface area contributed by atoms with E-state index in [0.717, 1.165) is 16.6 Å². The van der Waals surface area contributed by atoms with Gasteiger partial charge in [-0.15, -0.1) is 0 Å². The molecule has 1 aromatic carbocycles. The molecule has 1 N–H and O–H groups in total. The Kier molecular flexibility index (Phi) is 6.30. The topological polar surface area (TPSA) is 40.5 Å². The van der Waals surface area contributed by atoms with Crippen LogP contribution in [0.5, 0.6) is 0 Å². The highest BCUT2D eigenvalue weighted by Crippen LogP contribution is 2.31. The highest BCUT2D eigenvalue weighted by Gasteiger charge is 2.23. The van der Waals surface area contributed by atoms with Crippen molar-refractivity contribution in [2.24, 2.45) is 0 Å². The van der Waals surface area contributed by atoms with Gasteiger partial charge in [-0.3, -0.25) is 9.69 Å². The van der Waals surface area contributed by atoms with Crippen molar-refractivity contribution in [2.75, 3.05) is 6.54 Å². The minimum absolute atomic E-state index is 0.0304. The SMILES string of the molecule is CCN(C(C)CC(=O)O)C(C)c1ccc(Br)cc1Cl. The van der Waals surface area contributed by atoms with E-state index in [1.807, 2.05) is 32.0 Å². The van der Waals surface area contributed by atoms with Gasteiger partial charge in [-0.2, -0.15) is 0 Å². The van der Waals surface area contributed by atoms with E-state index >= 15 is 0 Å². The van der Waals surface area contributed by atoms with Crippen LogP contribution in [0.3, 0.4) is 0 Å². The van der Waals surface area contributed by atoms with Gasteiger partial charge < -0.3 is 5.11 Å². The normalized spacial score (nSPS) is 14.4. The van der Waals surface area contributed by atoms with Gasteiger partial charge in [0.25, 0.3) is 0 Å².